The number of aliphatic hydroxyl groups excluding tert-OH is 9. The molecule has 0 aromatic carbocycles. The first-order valence-electron chi connectivity index (χ1n) is 46.4. The topological polar surface area (TPSA) is 587 Å². The summed E-state index contributed by atoms with van der Waals surface area (Å²) >= 11 is 0. The van der Waals surface area contributed by atoms with Gasteiger partial charge in [0.15, 0.2) is 18.9 Å². The zero-order valence-electron chi connectivity index (χ0n) is 78.1. The molecule has 0 bridgehead atoms. The largest absolute Gasteiger partial charge is 0.394 e. The molecule has 40 nitrogen and oxygen atoms in total. The van der Waals surface area contributed by atoms with Crippen molar-refractivity contribution < 1.29 is 150 Å². The van der Waals surface area contributed by atoms with Crippen molar-refractivity contribution in [1.82, 2.24) is 47.9 Å². The van der Waals surface area contributed by atoms with Gasteiger partial charge in [0.2, 0.25) is 60.5 Å². The molecule has 3 aliphatic heterocycles. The molecule has 3 rings (SSSR count). The maximum Gasteiger partial charge on any atom is 0.222 e. The Labute approximate surface area is 767 Å². The molecule has 0 radical (unpaired) electrons. The molecule has 752 valence electrons. The summed E-state index contributed by atoms with van der Waals surface area (Å²) in [6, 6.07) is -3.28. The average molecular weight is 1880 g/mol. The van der Waals surface area contributed by atoms with Gasteiger partial charge in [-0.1, -0.05) is 91.7 Å². The van der Waals surface area contributed by atoms with Gasteiger partial charge in [-0.15, -0.1) is 5.73 Å². The third kappa shape index (κ3) is 53.0. The standard InChI is InChI=1S/C86H156N9O31P.C3H4/c1-59(99)92-73-79(113)76(110)64(53-96)124-82(73)120-46-26-21-34-63(103)33-20-24-41-87-69(106)38-50-117-56-86(95-72(109)37-19-15-11-9-8-10-13-17-31-62(102)32-18-14-12-16-25-49-123-127(7,116)85(4,5)6,57-118-51-39-70(107)90-44-29-42-88-67(104)35-22-27-47-121-83-74(93-60(2)100)80(114)77(111)65(54-97)125-83)58-119-52-40-71(108)91-45-30-43-89-68(105)36-23-28-48-122-84-75(94-61(3)101)81(115)78(112)66(55-98)126-84;1-3-2/h64-66,73-84,96-98,110-115H,8-58H2,1-7H3,(H,87,106)(H,88,104)(H,89,105)(H,90,107)(H,91,108)(H,92,99)(H,93,100)(H,94,101)(H,95,109);1-2H2/t64?,65?,66?,73?,74-,75-,76+,77+,78+,79+,80?,81?,82+,83+,84+,86?,127?;/m0./s1. The predicted octanol–water partition coefficient (Wildman–Crippen LogP) is 2.04. The van der Waals surface area contributed by atoms with Gasteiger partial charge in [0, 0.05) is 149 Å². The molecule has 3 aliphatic rings. The number of rotatable bonds is 73. The lowest BCUT2D eigenvalue weighted by Crippen LogP contribution is -2.64. The number of amides is 9. The smallest absolute Gasteiger partial charge is 0.222 e. The van der Waals surface area contributed by atoms with Crippen molar-refractivity contribution in [3.8, 4) is 0 Å². The molecular formula is C89H160N9O31P. The summed E-state index contributed by atoms with van der Waals surface area (Å²) in [6.45, 7) is 16.5. The fourth-order valence-corrected chi connectivity index (χ4v) is 14.9. The van der Waals surface area contributed by atoms with Crippen LogP contribution in [0.3, 0.4) is 0 Å². The Balaban J connectivity index is 0.0000188. The molecule has 3 fully saturated rings. The molecule has 0 aromatic heterocycles. The van der Waals surface area contributed by atoms with E-state index in [2.05, 4.69) is 66.7 Å². The van der Waals surface area contributed by atoms with E-state index in [0.29, 0.717) is 90.1 Å². The Morgan fingerprint density at radius 3 is 0.908 bits per heavy atom. The van der Waals surface area contributed by atoms with Crippen LogP contribution >= 0.6 is 7.37 Å². The van der Waals surface area contributed by atoms with Crippen LogP contribution in [0.15, 0.2) is 18.9 Å². The lowest BCUT2D eigenvalue weighted by Gasteiger charge is -2.42. The van der Waals surface area contributed by atoms with Gasteiger partial charge in [0.05, 0.1) is 66.1 Å². The summed E-state index contributed by atoms with van der Waals surface area (Å²) in [5, 5.41) is 116. The summed E-state index contributed by atoms with van der Waals surface area (Å²) in [6.07, 6.45) is 1.83. The van der Waals surface area contributed by atoms with Crippen LogP contribution in [-0.4, -0.2) is 339 Å². The summed E-state index contributed by atoms with van der Waals surface area (Å²) < 4.78 is 70.8. The summed E-state index contributed by atoms with van der Waals surface area (Å²) in [5.41, 5.74) is 0.833. The zero-order chi connectivity index (χ0) is 96.7. The van der Waals surface area contributed by atoms with E-state index in [1.165, 1.54) is 20.8 Å². The van der Waals surface area contributed by atoms with E-state index < -0.39 is 148 Å². The van der Waals surface area contributed by atoms with E-state index in [1.807, 2.05) is 20.8 Å². The highest BCUT2D eigenvalue weighted by molar-refractivity contribution is 7.59. The van der Waals surface area contributed by atoms with Crippen molar-refractivity contribution in [2.45, 2.75) is 356 Å². The van der Waals surface area contributed by atoms with Gasteiger partial charge in [-0.05, 0) is 89.9 Å². The van der Waals surface area contributed by atoms with Gasteiger partial charge in [-0.25, -0.2) is 0 Å². The van der Waals surface area contributed by atoms with Crippen molar-refractivity contribution in [3.05, 3.63) is 18.9 Å². The number of aliphatic hydroxyl groups is 9. The maximum absolute atomic E-state index is 14.1. The van der Waals surface area contributed by atoms with Crippen LogP contribution in [0.25, 0.3) is 0 Å². The lowest BCUT2D eigenvalue weighted by atomic mass is 9.97. The SMILES string of the molecule is C=C=C.CC(=O)NC1[C@H](OCCCCC(=O)CCCCNC(=O)CCOCC(COCCC(=O)NCCCNC(=O)CCCCO[C@@H]2OC(CO)[C@@H](O)C(O)[C@@H]2NC(C)=O)(COCCC(=O)NCCCNC(=O)CCCCO[C@@H]2OC(CO)[C@@H](O)C(O)[C@@H]2NC(C)=O)NC(=O)CCCCCCCCCCC(=O)CCCCCCCOP(C)(=O)C(C)(C)C)OC(CO)[C@@H](O)[C@@H]1O. The molecule has 0 aliphatic carbocycles. The van der Waals surface area contributed by atoms with Gasteiger partial charge < -0.3 is 141 Å². The first-order chi connectivity index (χ1) is 62.0. The first kappa shape index (κ1) is 120. The molecule has 0 saturated carbocycles. The number of Topliss-reactive ketones (excluding diaryl/α,β-unsaturated/α-hetero) is 2. The van der Waals surface area contributed by atoms with Gasteiger partial charge >= 0.3 is 0 Å². The number of ether oxygens (including phenoxy) is 9. The predicted molar refractivity (Wildman–Crippen MR) is 479 cm³/mol. The average Bonchev–Trinajstić information content (AvgIpc) is 0.814. The number of hydrogen-bond donors (Lipinski definition) is 18. The van der Waals surface area contributed by atoms with E-state index in [4.69, 9.17) is 47.2 Å². The monoisotopic (exact) mass is 1880 g/mol. The third-order valence-corrected chi connectivity index (χ3v) is 25.1. The Kier molecular flexibility index (Phi) is 64.6. The molecule has 16 atom stereocenters. The van der Waals surface area contributed by atoms with E-state index in [-0.39, 0.29) is 191 Å². The van der Waals surface area contributed by atoms with Gasteiger partial charge in [-0.2, -0.15) is 0 Å². The zero-order valence-corrected chi connectivity index (χ0v) is 79.0. The van der Waals surface area contributed by atoms with E-state index >= 15 is 0 Å². The maximum atomic E-state index is 14.1. The van der Waals surface area contributed by atoms with E-state index in [0.717, 1.165) is 77.0 Å². The lowest BCUT2D eigenvalue weighted by molar-refractivity contribution is -0.270. The van der Waals surface area contributed by atoms with Crippen molar-refractivity contribution in [2.24, 2.45) is 0 Å². The second-order valence-electron chi connectivity index (χ2n) is 34.5. The Morgan fingerprint density at radius 1 is 0.346 bits per heavy atom. The second kappa shape index (κ2) is 70.3. The minimum Gasteiger partial charge on any atom is -0.394 e. The second-order valence-corrected chi connectivity index (χ2v) is 37.7. The molecule has 3 heterocycles. The Morgan fingerprint density at radius 2 is 0.600 bits per heavy atom. The normalized spacial score (nSPS) is 22.9. The highest BCUT2D eigenvalue weighted by Gasteiger charge is 2.48. The molecular weight excluding hydrogens is 1720 g/mol. The highest BCUT2D eigenvalue weighted by Crippen LogP contribution is 2.55. The summed E-state index contributed by atoms with van der Waals surface area (Å²) in [4.78, 5) is 140. The van der Waals surface area contributed by atoms with Crippen LogP contribution in [0, 0.1) is 0 Å². The summed E-state index contributed by atoms with van der Waals surface area (Å²) in [7, 11) is -2.68. The van der Waals surface area contributed by atoms with Crippen LogP contribution in [0.1, 0.15) is 253 Å². The van der Waals surface area contributed by atoms with Crippen LogP contribution in [0.5, 0.6) is 0 Å². The molecule has 9 amide bonds. The number of carbonyl (C=O) groups excluding carboxylic acids is 11. The fraction of sp³-hybridized carbons (Fsp3) is 0.843. The van der Waals surface area contributed by atoms with Crippen LogP contribution < -0.4 is 47.9 Å². The molecule has 3 saturated heterocycles. The number of unbranched alkanes of at least 4 members (excludes halogenated alkanes) is 15. The highest BCUT2D eigenvalue weighted by atomic mass is 31.2. The Hall–Kier alpha value is -6.44. The van der Waals surface area contributed by atoms with Crippen molar-refractivity contribution >= 4 is 72.1 Å². The minimum atomic E-state index is -2.68. The first-order valence-corrected chi connectivity index (χ1v) is 48.5. The van der Waals surface area contributed by atoms with Crippen LogP contribution in [0.4, 0.5) is 0 Å². The van der Waals surface area contributed by atoms with Crippen molar-refractivity contribution in [1.29, 1.82) is 0 Å². The number of carbonyl (C=O) groups is 11. The van der Waals surface area contributed by atoms with Crippen LogP contribution in [0.2, 0.25) is 0 Å². The van der Waals surface area contributed by atoms with Gasteiger partial charge in [0.1, 0.15) is 90.2 Å². The molecule has 130 heavy (non-hydrogen) atoms. The quantitative estimate of drug-likeness (QED) is 0.0235. The van der Waals surface area contributed by atoms with Crippen LogP contribution in [-0.2, 0) is 104 Å². The molecule has 0 spiro atoms. The van der Waals surface area contributed by atoms with Crippen molar-refractivity contribution in [3.63, 3.8) is 0 Å². The fourth-order valence-electron chi connectivity index (χ4n) is 14.0. The number of ketones is 2. The molecule has 41 heteroatoms. The number of nitrogens with one attached hydrogen (secondary N) is 9. The third-order valence-electron chi connectivity index (χ3n) is 22.0. The van der Waals surface area contributed by atoms with Gasteiger partial charge in [0.25, 0.3) is 0 Å². The number of hydrogen-bond acceptors (Lipinski definition) is 31. The van der Waals surface area contributed by atoms with Gasteiger partial charge in [-0.3, -0.25) is 57.3 Å². The van der Waals surface area contributed by atoms with Crippen molar-refractivity contribution in [2.75, 3.05) is 125 Å². The van der Waals surface area contributed by atoms with E-state index in [9.17, 15) is 103 Å². The van der Waals surface area contributed by atoms with E-state index in [1.54, 1.807) is 6.66 Å². The molecule has 7 unspecified atom stereocenters. The summed E-state index contributed by atoms with van der Waals surface area (Å²) in [5.74, 6) is -3.13. The molecule has 18 N–H and O–H groups in total. The molecule has 0 aromatic rings. The minimum absolute atomic E-state index is 0.00163. The Bertz CT molecular complexity index is 3060.